The van der Waals surface area contributed by atoms with Crippen LogP contribution in [0.4, 0.5) is 11.5 Å². The van der Waals surface area contributed by atoms with Gasteiger partial charge in [-0.3, -0.25) is 0 Å². The van der Waals surface area contributed by atoms with Crippen molar-refractivity contribution in [2.75, 3.05) is 18.2 Å². The van der Waals surface area contributed by atoms with Crippen molar-refractivity contribution < 1.29 is 9.53 Å². The van der Waals surface area contributed by atoms with Gasteiger partial charge in [0.25, 0.3) is 0 Å². The molecule has 0 amide bonds. The third-order valence-electron chi connectivity index (χ3n) is 2.68. The molecule has 0 aliphatic rings. The quantitative estimate of drug-likeness (QED) is 0.820. The molecule has 106 valence electrons. The molecule has 2 rings (SSSR count). The Kier molecular flexibility index (Phi) is 4.52. The average Bonchev–Trinajstić information content (AvgIpc) is 2.93. The van der Waals surface area contributed by atoms with Gasteiger partial charge in [-0.1, -0.05) is 6.92 Å². The molecule has 0 fully saturated rings. The number of anilines is 2. The summed E-state index contributed by atoms with van der Waals surface area (Å²) in [5.41, 5.74) is 6.53. The number of hydrogen-bond donors (Lipinski definition) is 2. The maximum Gasteiger partial charge on any atom is 0.356 e. The number of carbonyl (C=O) groups is 1. The van der Waals surface area contributed by atoms with Crippen LogP contribution < -0.4 is 11.1 Å². The minimum Gasteiger partial charge on any atom is -0.464 e. The van der Waals surface area contributed by atoms with Crippen LogP contribution in [0.15, 0.2) is 18.3 Å². The Balaban J connectivity index is 2.10. The Morgan fingerprint density at radius 1 is 1.50 bits per heavy atom. The highest BCUT2D eigenvalue weighted by Gasteiger charge is 2.10. The van der Waals surface area contributed by atoms with Gasteiger partial charge in [0.05, 0.1) is 19.3 Å². The van der Waals surface area contributed by atoms with E-state index in [4.69, 9.17) is 5.73 Å². The summed E-state index contributed by atoms with van der Waals surface area (Å²) in [6.07, 6.45) is 2.83. The Hall–Kier alpha value is -2.15. The van der Waals surface area contributed by atoms with E-state index in [9.17, 15) is 4.79 Å². The second kappa shape index (κ2) is 6.33. The van der Waals surface area contributed by atoms with E-state index in [1.165, 1.54) is 18.1 Å². The predicted molar refractivity (Wildman–Crippen MR) is 78.8 cm³/mol. The molecule has 3 N–H and O–H groups in total. The SMILES string of the molecule is CCc1cnc(CNc2nc(C(=O)OC)ccc2N)s1. The zero-order chi connectivity index (χ0) is 14.5. The monoisotopic (exact) mass is 292 g/mol. The van der Waals surface area contributed by atoms with Gasteiger partial charge in [0.15, 0.2) is 11.5 Å². The molecular weight excluding hydrogens is 276 g/mol. The smallest absolute Gasteiger partial charge is 0.356 e. The Labute approximate surface area is 121 Å². The number of carbonyl (C=O) groups excluding carboxylic acids is 1. The van der Waals surface area contributed by atoms with Crippen molar-refractivity contribution in [2.45, 2.75) is 19.9 Å². The standard InChI is InChI=1S/C13H16N4O2S/c1-3-8-6-15-11(20-8)7-16-12-9(14)4-5-10(17-12)13(18)19-2/h4-6H,3,7,14H2,1-2H3,(H,16,17). The van der Waals surface area contributed by atoms with E-state index in [2.05, 4.69) is 26.9 Å². The Morgan fingerprint density at radius 2 is 2.30 bits per heavy atom. The normalized spacial score (nSPS) is 10.3. The first-order valence-electron chi connectivity index (χ1n) is 6.16. The zero-order valence-electron chi connectivity index (χ0n) is 11.3. The van der Waals surface area contributed by atoms with Crippen LogP contribution >= 0.6 is 11.3 Å². The van der Waals surface area contributed by atoms with E-state index in [0.29, 0.717) is 18.1 Å². The second-order valence-corrected chi connectivity index (χ2v) is 5.25. The molecule has 0 saturated carbocycles. The van der Waals surface area contributed by atoms with Crippen LogP contribution in [0.1, 0.15) is 27.3 Å². The minimum atomic E-state index is -0.490. The Bertz CT molecular complexity index is 612. The molecule has 0 aliphatic heterocycles. The number of thiazole rings is 1. The van der Waals surface area contributed by atoms with Gasteiger partial charge in [-0.15, -0.1) is 11.3 Å². The van der Waals surface area contributed by atoms with Crippen molar-refractivity contribution in [1.29, 1.82) is 0 Å². The lowest BCUT2D eigenvalue weighted by atomic mass is 10.3. The van der Waals surface area contributed by atoms with Crippen LogP contribution in [-0.2, 0) is 17.7 Å². The maximum atomic E-state index is 11.4. The van der Waals surface area contributed by atoms with Gasteiger partial charge in [-0.25, -0.2) is 14.8 Å². The Morgan fingerprint density at radius 3 is 2.95 bits per heavy atom. The lowest BCUT2D eigenvalue weighted by Gasteiger charge is -2.08. The van der Waals surface area contributed by atoms with Gasteiger partial charge < -0.3 is 15.8 Å². The summed E-state index contributed by atoms with van der Waals surface area (Å²) in [6, 6.07) is 3.16. The van der Waals surface area contributed by atoms with Crippen LogP contribution in [0.25, 0.3) is 0 Å². The van der Waals surface area contributed by atoms with Gasteiger partial charge >= 0.3 is 5.97 Å². The molecule has 0 unspecified atom stereocenters. The number of nitrogen functional groups attached to an aromatic ring is 1. The van der Waals surface area contributed by atoms with Gasteiger partial charge in [-0.05, 0) is 18.6 Å². The number of rotatable bonds is 5. The number of hydrogen-bond acceptors (Lipinski definition) is 7. The summed E-state index contributed by atoms with van der Waals surface area (Å²) in [4.78, 5) is 21.1. The molecule has 0 spiro atoms. The van der Waals surface area contributed by atoms with Crippen LogP contribution in [0.2, 0.25) is 0 Å². The molecule has 7 heteroatoms. The van der Waals surface area contributed by atoms with E-state index in [-0.39, 0.29) is 5.69 Å². The predicted octanol–water partition coefficient (Wildman–Crippen LogP) is 2.08. The van der Waals surface area contributed by atoms with Gasteiger partial charge in [0, 0.05) is 11.1 Å². The molecule has 0 saturated heterocycles. The van der Waals surface area contributed by atoms with E-state index in [1.807, 2.05) is 6.20 Å². The molecule has 0 aliphatic carbocycles. The fraction of sp³-hybridized carbons (Fsp3) is 0.308. The van der Waals surface area contributed by atoms with Gasteiger partial charge in [-0.2, -0.15) is 0 Å². The van der Waals surface area contributed by atoms with Crippen molar-refractivity contribution >= 4 is 28.8 Å². The molecule has 2 aromatic heterocycles. The molecule has 20 heavy (non-hydrogen) atoms. The number of pyridine rings is 1. The van der Waals surface area contributed by atoms with Gasteiger partial charge in [0.1, 0.15) is 5.01 Å². The highest BCUT2D eigenvalue weighted by Crippen LogP contribution is 2.19. The first kappa shape index (κ1) is 14.3. The summed E-state index contributed by atoms with van der Waals surface area (Å²) in [5, 5.41) is 4.04. The molecular formula is C13H16N4O2S. The number of nitrogens with two attached hydrogens (primary N) is 1. The lowest BCUT2D eigenvalue weighted by molar-refractivity contribution is 0.0594. The minimum absolute atomic E-state index is 0.220. The van der Waals surface area contributed by atoms with Crippen LogP contribution in [0.3, 0.4) is 0 Å². The second-order valence-electron chi connectivity index (χ2n) is 4.05. The van der Waals surface area contributed by atoms with Gasteiger partial charge in [0.2, 0.25) is 0 Å². The number of aryl methyl sites for hydroxylation is 1. The summed E-state index contributed by atoms with van der Waals surface area (Å²) < 4.78 is 4.63. The van der Waals surface area contributed by atoms with Crippen LogP contribution in [-0.4, -0.2) is 23.0 Å². The number of esters is 1. The molecule has 0 aromatic carbocycles. The maximum absolute atomic E-state index is 11.4. The van der Waals surface area contributed by atoms with Crippen LogP contribution in [0.5, 0.6) is 0 Å². The van der Waals surface area contributed by atoms with Crippen molar-refractivity contribution in [1.82, 2.24) is 9.97 Å². The number of nitrogens with one attached hydrogen (secondary N) is 1. The van der Waals surface area contributed by atoms with Crippen molar-refractivity contribution in [2.24, 2.45) is 0 Å². The van der Waals surface area contributed by atoms with Crippen molar-refractivity contribution in [3.8, 4) is 0 Å². The third kappa shape index (κ3) is 3.24. The largest absolute Gasteiger partial charge is 0.464 e. The number of aromatic nitrogens is 2. The summed E-state index contributed by atoms with van der Waals surface area (Å²) in [5.74, 6) is -0.0308. The van der Waals surface area contributed by atoms with Crippen molar-refractivity contribution in [3.63, 3.8) is 0 Å². The molecule has 2 aromatic rings. The molecule has 2 heterocycles. The highest BCUT2D eigenvalue weighted by atomic mass is 32.1. The van der Waals surface area contributed by atoms with E-state index < -0.39 is 5.97 Å². The molecule has 0 atom stereocenters. The summed E-state index contributed by atoms with van der Waals surface area (Å²) in [6.45, 7) is 2.61. The fourth-order valence-corrected chi connectivity index (χ4v) is 2.38. The van der Waals surface area contributed by atoms with Crippen LogP contribution in [0, 0.1) is 0 Å². The average molecular weight is 292 g/mol. The fourth-order valence-electron chi connectivity index (χ4n) is 1.58. The zero-order valence-corrected chi connectivity index (χ0v) is 12.2. The van der Waals surface area contributed by atoms with E-state index >= 15 is 0 Å². The molecule has 0 radical (unpaired) electrons. The van der Waals surface area contributed by atoms with E-state index in [1.54, 1.807) is 17.4 Å². The number of nitrogens with zero attached hydrogens (tertiary/aromatic N) is 2. The first-order valence-corrected chi connectivity index (χ1v) is 6.98. The van der Waals surface area contributed by atoms with E-state index in [0.717, 1.165) is 11.4 Å². The third-order valence-corrected chi connectivity index (χ3v) is 3.82. The lowest BCUT2D eigenvalue weighted by Crippen LogP contribution is -2.09. The summed E-state index contributed by atoms with van der Waals surface area (Å²) in [7, 11) is 1.31. The number of ether oxygens (including phenoxy) is 1. The number of methoxy groups -OCH3 is 1. The molecule has 0 bridgehead atoms. The topological polar surface area (TPSA) is 90.1 Å². The summed E-state index contributed by atoms with van der Waals surface area (Å²) >= 11 is 1.64. The first-order chi connectivity index (χ1) is 9.63. The molecule has 6 nitrogen and oxygen atoms in total. The van der Waals surface area contributed by atoms with Crippen molar-refractivity contribution in [3.05, 3.63) is 33.9 Å². The highest BCUT2D eigenvalue weighted by molar-refractivity contribution is 7.11.